The van der Waals surface area contributed by atoms with Gasteiger partial charge in [-0.25, -0.2) is 0 Å². The summed E-state index contributed by atoms with van der Waals surface area (Å²) in [4.78, 5) is 13.1. The van der Waals surface area contributed by atoms with Crippen LogP contribution in [0.2, 0.25) is 0 Å². The molecule has 0 aromatic heterocycles. The van der Waals surface area contributed by atoms with Gasteiger partial charge in [-0.3, -0.25) is 4.79 Å². The Bertz CT molecular complexity index is 141. The molecule has 1 heterocycles. The Balaban J connectivity index is 2.39. The number of nitrogens with two attached hydrogens (primary N) is 1. The summed E-state index contributed by atoms with van der Waals surface area (Å²) < 4.78 is 0. The first-order chi connectivity index (χ1) is 5.22. The second-order valence-electron chi connectivity index (χ2n) is 2.86. The van der Waals surface area contributed by atoms with Crippen molar-refractivity contribution in [2.24, 2.45) is 5.73 Å². The predicted octanol–water partition coefficient (Wildman–Crippen LogP) is -1.23. The van der Waals surface area contributed by atoms with Gasteiger partial charge in [0.25, 0.3) is 0 Å². The van der Waals surface area contributed by atoms with Crippen molar-refractivity contribution in [2.75, 3.05) is 26.2 Å². The second kappa shape index (κ2) is 3.69. The summed E-state index contributed by atoms with van der Waals surface area (Å²) in [5.41, 5.74) is 5.46. The molecule has 1 unspecified atom stereocenters. The van der Waals surface area contributed by atoms with Crippen LogP contribution in [-0.4, -0.2) is 43.0 Å². The highest BCUT2D eigenvalue weighted by Crippen LogP contribution is 1.94. The summed E-state index contributed by atoms with van der Waals surface area (Å²) in [6, 6.07) is -0.354. The smallest absolute Gasteiger partial charge is 0.239 e. The summed E-state index contributed by atoms with van der Waals surface area (Å²) in [6.45, 7) is 5.09. The van der Waals surface area contributed by atoms with Crippen LogP contribution in [0.15, 0.2) is 0 Å². The maximum atomic E-state index is 11.3. The molecule has 1 aliphatic rings. The highest BCUT2D eigenvalue weighted by molar-refractivity contribution is 5.81. The molecule has 4 nitrogen and oxygen atoms in total. The molecule has 1 rings (SSSR count). The van der Waals surface area contributed by atoms with Gasteiger partial charge in [0.1, 0.15) is 0 Å². The van der Waals surface area contributed by atoms with Crippen molar-refractivity contribution in [3.8, 4) is 0 Å². The number of carbonyl (C=O) groups is 1. The molecule has 3 N–H and O–H groups in total. The minimum atomic E-state index is -0.354. The van der Waals surface area contributed by atoms with Gasteiger partial charge < -0.3 is 16.0 Å². The summed E-state index contributed by atoms with van der Waals surface area (Å²) in [5, 5.41) is 3.17. The number of nitrogens with one attached hydrogen (secondary N) is 1. The first-order valence-corrected chi connectivity index (χ1v) is 3.97. The maximum Gasteiger partial charge on any atom is 0.239 e. The summed E-state index contributed by atoms with van der Waals surface area (Å²) in [7, 11) is 0. The number of piperazine rings is 1. The Morgan fingerprint density at radius 2 is 2.09 bits per heavy atom. The highest BCUT2D eigenvalue weighted by atomic mass is 16.2. The lowest BCUT2D eigenvalue weighted by molar-refractivity contribution is -0.132. The normalized spacial score (nSPS) is 21.5. The molecule has 1 aliphatic heterocycles. The summed E-state index contributed by atoms with van der Waals surface area (Å²) in [5.74, 6) is 0.0616. The molecule has 0 bridgehead atoms. The van der Waals surface area contributed by atoms with Gasteiger partial charge in [0.2, 0.25) is 5.91 Å². The first-order valence-electron chi connectivity index (χ1n) is 3.97. The Kier molecular flexibility index (Phi) is 2.84. The van der Waals surface area contributed by atoms with E-state index in [1.807, 2.05) is 0 Å². The molecule has 64 valence electrons. The fourth-order valence-corrected chi connectivity index (χ4v) is 1.17. The molecule has 0 radical (unpaired) electrons. The van der Waals surface area contributed by atoms with E-state index < -0.39 is 0 Å². The standard InChI is InChI=1S/C7H15N3O/c1-6(8)7(11)10-4-2-9-3-5-10/h6,9H,2-5,8H2,1H3. The third-order valence-corrected chi connectivity index (χ3v) is 1.82. The number of rotatable bonds is 1. The molecule has 1 amide bonds. The fraction of sp³-hybridized carbons (Fsp3) is 0.857. The van der Waals surface area contributed by atoms with E-state index in [1.165, 1.54) is 0 Å². The Labute approximate surface area is 66.7 Å². The minimum Gasteiger partial charge on any atom is -0.339 e. The molecule has 11 heavy (non-hydrogen) atoms. The number of amides is 1. The zero-order chi connectivity index (χ0) is 8.27. The number of hydrogen-bond acceptors (Lipinski definition) is 3. The lowest BCUT2D eigenvalue weighted by Gasteiger charge is -2.28. The zero-order valence-electron chi connectivity index (χ0n) is 6.84. The van der Waals surface area contributed by atoms with Crippen molar-refractivity contribution in [1.29, 1.82) is 0 Å². The molecule has 0 aliphatic carbocycles. The van der Waals surface area contributed by atoms with Crippen LogP contribution in [0.5, 0.6) is 0 Å². The van der Waals surface area contributed by atoms with Crippen molar-refractivity contribution in [1.82, 2.24) is 10.2 Å². The first kappa shape index (κ1) is 8.49. The van der Waals surface area contributed by atoms with Gasteiger partial charge in [0.05, 0.1) is 6.04 Å². The lowest BCUT2D eigenvalue weighted by Crippen LogP contribution is -2.51. The molecular formula is C7H15N3O. The van der Waals surface area contributed by atoms with E-state index in [-0.39, 0.29) is 11.9 Å². The lowest BCUT2D eigenvalue weighted by atomic mass is 10.2. The quantitative estimate of drug-likeness (QED) is 0.501. The Morgan fingerprint density at radius 1 is 1.55 bits per heavy atom. The van der Waals surface area contributed by atoms with E-state index in [9.17, 15) is 4.79 Å². The van der Waals surface area contributed by atoms with Crippen LogP contribution >= 0.6 is 0 Å². The third-order valence-electron chi connectivity index (χ3n) is 1.82. The maximum absolute atomic E-state index is 11.3. The van der Waals surface area contributed by atoms with Gasteiger partial charge in [0.15, 0.2) is 0 Å². The number of hydrogen-bond donors (Lipinski definition) is 2. The minimum absolute atomic E-state index is 0.0616. The van der Waals surface area contributed by atoms with Gasteiger partial charge in [-0.2, -0.15) is 0 Å². The Morgan fingerprint density at radius 3 is 2.55 bits per heavy atom. The van der Waals surface area contributed by atoms with Crippen molar-refractivity contribution >= 4 is 5.91 Å². The van der Waals surface area contributed by atoms with E-state index in [4.69, 9.17) is 5.73 Å². The highest BCUT2D eigenvalue weighted by Gasteiger charge is 2.18. The SMILES string of the molecule is CC(N)C(=O)N1CCNCC1. The van der Waals surface area contributed by atoms with Gasteiger partial charge in [-0.15, -0.1) is 0 Å². The van der Waals surface area contributed by atoms with Crippen LogP contribution in [0.3, 0.4) is 0 Å². The second-order valence-corrected chi connectivity index (χ2v) is 2.86. The molecule has 0 aromatic carbocycles. The largest absolute Gasteiger partial charge is 0.339 e. The predicted molar refractivity (Wildman–Crippen MR) is 43.1 cm³/mol. The van der Waals surface area contributed by atoms with Crippen LogP contribution in [0.1, 0.15) is 6.92 Å². The van der Waals surface area contributed by atoms with E-state index in [2.05, 4.69) is 5.32 Å². The average molecular weight is 157 g/mol. The average Bonchev–Trinajstić information content (AvgIpc) is 2.05. The van der Waals surface area contributed by atoms with Gasteiger partial charge in [-0.1, -0.05) is 0 Å². The third kappa shape index (κ3) is 2.17. The molecule has 0 saturated carbocycles. The van der Waals surface area contributed by atoms with E-state index in [0.29, 0.717) is 0 Å². The monoisotopic (exact) mass is 157 g/mol. The number of nitrogens with zero attached hydrogens (tertiary/aromatic N) is 1. The molecule has 4 heteroatoms. The molecular weight excluding hydrogens is 142 g/mol. The van der Waals surface area contributed by atoms with Crippen LogP contribution in [0.4, 0.5) is 0 Å². The topological polar surface area (TPSA) is 58.4 Å². The van der Waals surface area contributed by atoms with Crippen molar-refractivity contribution in [3.05, 3.63) is 0 Å². The molecule has 1 atom stereocenters. The van der Waals surface area contributed by atoms with Crippen molar-refractivity contribution < 1.29 is 4.79 Å². The molecule has 0 spiro atoms. The van der Waals surface area contributed by atoms with E-state index >= 15 is 0 Å². The van der Waals surface area contributed by atoms with Crippen LogP contribution in [0.25, 0.3) is 0 Å². The van der Waals surface area contributed by atoms with E-state index in [0.717, 1.165) is 26.2 Å². The summed E-state index contributed by atoms with van der Waals surface area (Å²) >= 11 is 0. The molecule has 1 fully saturated rings. The van der Waals surface area contributed by atoms with Gasteiger partial charge >= 0.3 is 0 Å². The van der Waals surface area contributed by atoms with Gasteiger partial charge in [-0.05, 0) is 6.92 Å². The number of carbonyl (C=O) groups excluding carboxylic acids is 1. The van der Waals surface area contributed by atoms with Crippen LogP contribution in [-0.2, 0) is 4.79 Å². The van der Waals surface area contributed by atoms with Crippen molar-refractivity contribution in [3.63, 3.8) is 0 Å². The fourth-order valence-electron chi connectivity index (χ4n) is 1.17. The van der Waals surface area contributed by atoms with Crippen LogP contribution < -0.4 is 11.1 Å². The molecule has 0 aromatic rings. The van der Waals surface area contributed by atoms with Crippen molar-refractivity contribution in [2.45, 2.75) is 13.0 Å². The molecule has 1 saturated heterocycles. The Hall–Kier alpha value is -0.610. The van der Waals surface area contributed by atoms with Crippen LogP contribution in [0, 0.1) is 0 Å². The van der Waals surface area contributed by atoms with E-state index in [1.54, 1.807) is 11.8 Å². The zero-order valence-corrected chi connectivity index (χ0v) is 6.84. The van der Waals surface area contributed by atoms with Gasteiger partial charge in [0, 0.05) is 26.2 Å². The summed E-state index contributed by atoms with van der Waals surface area (Å²) in [6.07, 6.45) is 0.